The second-order valence-corrected chi connectivity index (χ2v) is 11.4. The summed E-state index contributed by atoms with van der Waals surface area (Å²) < 4.78 is 3.58. The van der Waals surface area contributed by atoms with Gasteiger partial charge in [-0.1, -0.05) is 0 Å². The molecule has 0 fully saturated rings. The zero-order valence-corrected chi connectivity index (χ0v) is 25.1. The molecule has 0 aliphatic heterocycles. The van der Waals surface area contributed by atoms with Gasteiger partial charge in [0.15, 0.2) is 5.82 Å². The fourth-order valence-corrected chi connectivity index (χ4v) is 5.00. The van der Waals surface area contributed by atoms with Crippen molar-refractivity contribution in [1.29, 1.82) is 0 Å². The van der Waals surface area contributed by atoms with Crippen LogP contribution in [0.2, 0.25) is 0 Å². The number of aryl methyl sites for hydroxylation is 2. The summed E-state index contributed by atoms with van der Waals surface area (Å²) in [6.07, 6.45) is 10.7. The largest absolute Gasteiger partial charge is 0.478 e. The number of carboxylic acids is 1. The van der Waals surface area contributed by atoms with Crippen molar-refractivity contribution in [2.45, 2.75) is 26.9 Å². The molecule has 0 saturated carbocycles. The monoisotopic (exact) mass is 614 g/mol. The Bertz CT molecular complexity index is 1740. The number of aromatic nitrogens is 6. The minimum atomic E-state index is -0.848. The Kier molecular flexibility index (Phi) is 10.9. The molecule has 11 nitrogen and oxygen atoms in total. The first-order valence-corrected chi connectivity index (χ1v) is 14.8. The molecule has 43 heavy (non-hydrogen) atoms. The lowest BCUT2D eigenvalue weighted by Crippen LogP contribution is -2.12. The Labute approximate surface area is 256 Å². The number of thiophene rings is 2. The molecule has 0 aliphatic rings. The van der Waals surface area contributed by atoms with Crippen LogP contribution < -0.4 is 11.1 Å². The Morgan fingerprint density at radius 3 is 1.74 bits per heavy atom. The maximum absolute atomic E-state index is 12.0. The number of nitrogens with zero attached hydrogens (tertiary/aromatic N) is 6. The third-order valence-electron chi connectivity index (χ3n) is 5.70. The van der Waals surface area contributed by atoms with E-state index in [2.05, 4.69) is 25.5 Å². The number of aromatic carboxylic acids is 1. The summed E-state index contributed by atoms with van der Waals surface area (Å²) in [5, 5.41) is 23.1. The summed E-state index contributed by atoms with van der Waals surface area (Å²) in [6, 6.07) is 14.9. The van der Waals surface area contributed by atoms with Gasteiger partial charge in [-0.25, -0.2) is 4.79 Å². The fourth-order valence-electron chi connectivity index (χ4n) is 3.64. The molecule has 6 aromatic heterocycles. The fraction of sp³-hybridized carbons (Fsp3) is 0.133. The Morgan fingerprint density at radius 2 is 1.30 bits per heavy atom. The van der Waals surface area contributed by atoms with Gasteiger partial charge in [-0.05, 0) is 67.4 Å². The number of pyridine rings is 2. The number of carbonyl (C=O) groups is 2. The highest BCUT2D eigenvalue weighted by Crippen LogP contribution is 2.15. The van der Waals surface area contributed by atoms with Crippen LogP contribution in [0.25, 0.3) is 0 Å². The minimum Gasteiger partial charge on any atom is -0.478 e. The normalized spacial score (nSPS) is 10.2. The van der Waals surface area contributed by atoms with Crippen LogP contribution >= 0.6 is 22.7 Å². The lowest BCUT2D eigenvalue weighted by atomic mass is 10.3. The predicted molar refractivity (Wildman–Crippen MR) is 169 cm³/mol. The molecule has 13 heteroatoms. The van der Waals surface area contributed by atoms with Gasteiger partial charge < -0.3 is 16.2 Å². The van der Waals surface area contributed by atoms with E-state index in [0.717, 1.165) is 27.4 Å². The maximum Gasteiger partial charge on any atom is 0.336 e. The molecule has 0 aliphatic carbocycles. The van der Waals surface area contributed by atoms with Crippen molar-refractivity contribution in [2.24, 2.45) is 0 Å². The molecule has 0 spiro atoms. The molecule has 0 saturated heterocycles. The topological polar surface area (TPSA) is 154 Å². The summed E-state index contributed by atoms with van der Waals surface area (Å²) in [6.45, 7) is 5.25. The molecule has 0 radical (unpaired) electrons. The zero-order valence-electron chi connectivity index (χ0n) is 23.5. The molecule has 6 rings (SSSR count). The van der Waals surface area contributed by atoms with E-state index in [9.17, 15) is 9.59 Å². The third-order valence-corrected chi connectivity index (χ3v) is 7.42. The number of hydrogen-bond donors (Lipinski definition) is 3. The summed E-state index contributed by atoms with van der Waals surface area (Å²) in [5.41, 5.74) is 8.82. The quantitative estimate of drug-likeness (QED) is 0.210. The van der Waals surface area contributed by atoms with Crippen molar-refractivity contribution >= 4 is 46.2 Å². The summed E-state index contributed by atoms with van der Waals surface area (Å²) in [5.74, 6) is 0.125. The van der Waals surface area contributed by atoms with E-state index in [1.807, 2.05) is 62.0 Å². The van der Waals surface area contributed by atoms with Crippen LogP contribution in [0.1, 0.15) is 41.6 Å². The Hall–Kier alpha value is -5.14. The van der Waals surface area contributed by atoms with Gasteiger partial charge >= 0.3 is 5.97 Å². The van der Waals surface area contributed by atoms with Gasteiger partial charge in [0.05, 0.1) is 24.2 Å². The van der Waals surface area contributed by atoms with Crippen LogP contribution in [-0.4, -0.2) is 46.5 Å². The molecular weight excluding hydrogens is 585 g/mol. The SMILES string of the molecule is Cc1cc(C(=O)Nc2ccn(Cc3ccncc3)n2)cs1.Cc1cc(C(=O)O)cs1.Nc1ccn(Cc2ccncc2)n1. The van der Waals surface area contributed by atoms with E-state index in [4.69, 9.17) is 10.8 Å². The molecule has 1 amide bonds. The van der Waals surface area contributed by atoms with Crippen LogP contribution in [-0.2, 0) is 13.1 Å². The maximum atomic E-state index is 12.0. The average molecular weight is 615 g/mol. The Morgan fingerprint density at radius 1 is 0.791 bits per heavy atom. The first kappa shape index (κ1) is 30.8. The lowest BCUT2D eigenvalue weighted by Gasteiger charge is -2.02. The number of hydrogen-bond acceptors (Lipinski definition) is 9. The van der Waals surface area contributed by atoms with Crippen molar-refractivity contribution < 1.29 is 14.7 Å². The molecule has 6 aromatic rings. The lowest BCUT2D eigenvalue weighted by molar-refractivity contribution is 0.0697. The third kappa shape index (κ3) is 10.0. The summed E-state index contributed by atoms with van der Waals surface area (Å²) >= 11 is 3.01. The van der Waals surface area contributed by atoms with Crippen LogP contribution in [0.15, 0.2) is 96.5 Å². The van der Waals surface area contributed by atoms with Crippen molar-refractivity contribution in [1.82, 2.24) is 29.5 Å². The van der Waals surface area contributed by atoms with E-state index < -0.39 is 5.97 Å². The molecule has 0 bridgehead atoms. The van der Waals surface area contributed by atoms with E-state index in [1.54, 1.807) is 69.1 Å². The van der Waals surface area contributed by atoms with Gasteiger partial charge in [-0.3, -0.25) is 24.1 Å². The average Bonchev–Trinajstić information content (AvgIpc) is 3.81. The summed E-state index contributed by atoms with van der Waals surface area (Å²) in [7, 11) is 0. The smallest absolute Gasteiger partial charge is 0.336 e. The number of anilines is 2. The number of carbonyl (C=O) groups excluding carboxylic acids is 1. The highest BCUT2D eigenvalue weighted by Gasteiger charge is 2.09. The molecule has 4 N–H and O–H groups in total. The van der Waals surface area contributed by atoms with Crippen LogP contribution in [0.3, 0.4) is 0 Å². The predicted octanol–water partition coefficient (Wildman–Crippen LogP) is 5.61. The van der Waals surface area contributed by atoms with E-state index in [0.29, 0.717) is 29.3 Å². The standard InChI is InChI=1S/C15H14N4OS.C9H10N4.C6H6O2S/c1-11-8-13(10-21-11)15(20)17-14-4-7-19(18-14)9-12-2-5-16-6-3-12;10-9-3-6-13(12-9)7-8-1-4-11-5-2-8;1-4-2-5(3-9-4)6(7)8/h2-8,10H,9H2,1H3,(H,17,18,20);1-6H,7H2,(H2,10,12);2-3H,1H3,(H,7,8). The van der Waals surface area contributed by atoms with E-state index in [-0.39, 0.29) is 5.91 Å². The number of nitrogens with one attached hydrogen (secondary N) is 1. The molecule has 0 unspecified atom stereocenters. The molecule has 0 aromatic carbocycles. The zero-order chi connectivity index (χ0) is 30.6. The first-order chi connectivity index (χ1) is 20.7. The first-order valence-electron chi connectivity index (χ1n) is 13.0. The minimum absolute atomic E-state index is 0.131. The number of amides is 1. The summed E-state index contributed by atoms with van der Waals surface area (Å²) in [4.78, 5) is 32.3. The molecule has 0 atom stereocenters. The second-order valence-electron chi connectivity index (χ2n) is 9.20. The molecular formula is C30H30N8O3S2. The highest BCUT2D eigenvalue weighted by molar-refractivity contribution is 7.10. The van der Waals surface area contributed by atoms with Crippen molar-refractivity contribution in [3.63, 3.8) is 0 Å². The number of nitrogen functional groups attached to an aromatic ring is 1. The molecule has 220 valence electrons. The van der Waals surface area contributed by atoms with E-state index >= 15 is 0 Å². The number of carboxylic acid groups (broad SMARTS) is 1. The van der Waals surface area contributed by atoms with Gasteiger partial charge in [0.1, 0.15) is 5.82 Å². The van der Waals surface area contributed by atoms with Crippen molar-refractivity contribution in [3.05, 3.63) is 128 Å². The van der Waals surface area contributed by atoms with Crippen LogP contribution in [0, 0.1) is 13.8 Å². The van der Waals surface area contributed by atoms with Crippen molar-refractivity contribution in [3.8, 4) is 0 Å². The van der Waals surface area contributed by atoms with Gasteiger partial charge in [0.25, 0.3) is 5.91 Å². The van der Waals surface area contributed by atoms with Gasteiger partial charge in [0.2, 0.25) is 0 Å². The van der Waals surface area contributed by atoms with Crippen LogP contribution in [0.4, 0.5) is 11.6 Å². The highest BCUT2D eigenvalue weighted by atomic mass is 32.1. The number of rotatable bonds is 7. The molecule has 6 heterocycles. The van der Waals surface area contributed by atoms with Crippen LogP contribution in [0.5, 0.6) is 0 Å². The second kappa shape index (κ2) is 15.2. The van der Waals surface area contributed by atoms with Gasteiger partial charge in [-0.15, -0.1) is 22.7 Å². The van der Waals surface area contributed by atoms with Crippen molar-refractivity contribution in [2.75, 3.05) is 11.1 Å². The van der Waals surface area contributed by atoms with E-state index in [1.165, 1.54) is 11.3 Å². The van der Waals surface area contributed by atoms with Gasteiger partial charge in [0, 0.05) is 63.8 Å². The van der Waals surface area contributed by atoms with Gasteiger partial charge in [-0.2, -0.15) is 10.2 Å². The Balaban J connectivity index is 0.000000163. The number of nitrogens with two attached hydrogens (primary N) is 1.